The molecule has 0 aliphatic heterocycles. The molecule has 1 atom stereocenters. The number of nitrogens with one attached hydrogen (secondary N) is 1. The van der Waals surface area contributed by atoms with Crippen molar-refractivity contribution in [2.45, 2.75) is 12.2 Å². The van der Waals surface area contributed by atoms with Gasteiger partial charge in [0.15, 0.2) is 12.6 Å². The molecule has 0 heterocycles. The number of alkyl halides is 4. The molecule has 0 radical (unpaired) electrons. The van der Waals surface area contributed by atoms with Gasteiger partial charge in [0, 0.05) is 0 Å². The first-order chi connectivity index (χ1) is 9.74. The second-order valence-corrected chi connectivity index (χ2v) is 3.93. The molecule has 0 spiro atoms. The number of hydrogen-bond acceptors (Lipinski definition) is 3. The van der Waals surface area contributed by atoms with Gasteiger partial charge in [-0.05, 0) is 18.2 Å². The van der Waals surface area contributed by atoms with Gasteiger partial charge in [-0.2, -0.15) is 13.2 Å². The largest absolute Gasteiger partial charge is 0.484 e. The predicted octanol–water partition coefficient (Wildman–Crippen LogP) is 1.62. The molecule has 5 nitrogen and oxygen atoms in total. The number of carboxylic acid groups (broad SMARTS) is 1. The van der Waals surface area contributed by atoms with Gasteiger partial charge < -0.3 is 15.2 Å². The van der Waals surface area contributed by atoms with E-state index < -0.39 is 42.9 Å². The summed E-state index contributed by atoms with van der Waals surface area (Å²) in [6, 6.07) is 2.10. The van der Waals surface area contributed by atoms with E-state index in [1.807, 2.05) is 5.32 Å². The fraction of sp³-hybridized carbons (Fsp3) is 0.333. The Kier molecular flexibility index (Phi) is 5.51. The third-order valence-electron chi connectivity index (χ3n) is 2.32. The van der Waals surface area contributed by atoms with Crippen LogP contribution >= 0.6 is 0 Å². The summed E-state index contributed by atoms with van der Waals surface area (Å²) in [5.41, 5.74) is -0.951. The summed E-state index contributed by atoms with van der Waals surface area (Å²) < 4.78 is 54.4. The molecule has 116 valence electrons. The molecule has 1 rings (SSSR count). The summed E-state index contributed by atoms with van der Waals surface area (Å²) in [7, 11) is 0. The number of hydrogen-bond donors (Lipinski definition) is 2. The van der Waals surface area contributed by atoms with Gasteiger partial charge in [0.05, 0.1) is 5.56 Å². The number of carbonyl (C=O) groups excluding carboxylic acids is 1. The summed E-state index contributed by atoms with van der Waals surface area (Å²) >= 11 is 0. The lowest BCUT2D eigenvalue weighted by Gasteiger charge is -2.12. The fourth-order valence-corrected chi connectivity index (χ4v) is 1.31. The smallest absolute Gasteiger partial charge is 0.416 e. The number of carbonyl (C=O) groups is 2. The standard InChI is InChI=1S/C12H11F4NO4/c13-5-9(11(19)20)17-10(18)6-21-8-3-1-2-7(4-8)12(14,15)16/h1-4,9H,5-6H2,(H,17,18)(H,19,20). The van der Waals surface area contributed by atoms with Crippen LogP contribution in [0.2, 0.25) is 0 Å². The molecule has 0 bridgehead atoms. The Morgan fingerprint density at radius 1 is 1.33 bits per heavy atom. The van der Waals surface area contributed by atoms with Crippen LogP contribution in [0.1, 0.15) is 5.56 Å². The maximum atomic E-state index is 12.4. The molecule has 0 aliphatic rings. The van der Waals surface area contributed by atoms with Crippen LogP contribution in [0.3, 0.4) is 0 Å². The minimum atomic E-state index is -4.55. The highest BCUT2D eigenvalue weighted by molar-refractivity contribution is 5.84. The second kappa shape index (κ2) is 6.91. The third kappa shape index (κ3) is 5.28. The molecule has 9 heteroatoms. The van der Waals surface area contributed by atoms with E-state index in [1.165, 1.54) is 6.07 Å². The Bertz CT molecular complexity index is 518. The molecule has 1 aromatic rings. The van der Waals surface area contributed by atoms with Crippen molar-refractivity contribution in [2.75, 3.05) is 13.3 Å². The van der Waals surface area contributed by atoms with Gasteiger partial charge in [-0.3, -0.25) is 4.79 Å². The second-order valence-electron chi connectivity index (χ2n) is 3.93. The van der Waals surface area contributed by atoms with Crippen LogP contribution in [0.5, 0.6) is 5.75 Å². The zero-order valence-electron chi connectivity index (χ0n) is 10.5. The minimum Gasteiger partial charge on any atom is -0.484 e. The fourth-order valence-electron chi connectivity index (χ4n) is 1.31. The number of amides is 1. The Labute approximate surface area is 116 Å². The number of benzene rings is 1. The molecule has 1 unspecified atom stereocenters. The van der Waals surface area contributed by atoms with E-state index in [9.17, 15) is 27.2 Å². The van der Waals surface area contributed by atoms with E-state index in [2.05, 4.69) is 0 Å². The van der Waals surface area contributed by atoms with Crippen molar-refractivity contribution in [3.8, 4) is 5.75 Å². The topological polar surface area (TPSA) is 75.6 Å². The predicted molar refractivity (Wildman–Crippen MR) is 62.5 cm³/mol. The third-order valence-corrected chi connectivity index (χ3v) is 2.32. The number of rotatable bonds is 6. The first kappa shape index (κ1) is 16.7. The number of aliphatic carboxylic acids is 1. The molecule has 0 fully saturated rings. The van der Waals surface area contributed by atoms with Crippen LogP contribution in [-0.2, 0) is 15.8 Å². The summed E-state index contributed by atoms with van der Waals surface area (Å²) in [4.78, 5) is 21.8. The van der Waals surface area contributed by atoms with Crippen molar-refractivity contribution in [1.29, 1.82) is 0 Å². The average Bonchev–Trinajstić information content (AvgIpc) is 2.41. The SMILES string of the molecule is O=C(COc1cccc(C(F)(F)F)c1)NC(CF)C(=O)O. The molecule has 0 aromatic heterocycles. The van der Waals surface area contributed by atoms with Crippen LogP contribution in [0, 0.1) is 0 Å². The summed E-state index contributed by atoms with van der Waals surface area (Å²) in [6.45, 7) is -2.05. The highest BCUT2D eigenvalue weighted by Gasteiger charge is 2.30. The van der Waals surface area contributed by atoms with Crippen LogP contribution in [-0.4, -0.2) is 36.3 Å². The highest BCUT2D eigenvalue weighted by atomic mass is 19.4. The lowest BCUT2D eigenvalue weighted by atomic mass is 10.2. The van der Waals surface area contributed by atoms with Crippen LogP contribution in [0.25, 0.3) is 0 Å². The Morgan fingerprint density at radius 3 is 2.52 bits per heavy atom. The summed E-state index contributed by atoms with van der Waals surface area (Å²) in [6.07, 6.45) is -4.55. The van der Waals surface area contributed by atoms with Gasteiger partial charge in [0.25, 0.3) is 5.91 Å². The van der Waals surface area contributed by atoms with Gasteiger partial charge in [-0.1, -0.05) is 6.07 Å². The lowest BCUT2D eigenvalue weighted by molar-refractivity contribution is -0.142. The highest BCUT2D eigenvalue weighted by Crippen LogP contribution is 2.31. The van der Waals surface area contributed by atoms with Crippen molar-refractivity contribution in [3.63, 3.8) is 0 Å². The van der Waals surface area contributed by atoms with Gasteiger partial charge in [0.1, 0.15) is 12.4 Å². The van der Waals surface area contributed by atoms with Crippen molar-refractivity contribution >= 4 is 11.9 Å². The molecule has 21 heavy (non-hydrogen) atoms. The van der Waals surface area contributed by atoms with Crippen LogP contribution in [0.4, 0.5) is 17.6 Å². The number of carboxylic acids is 1. The minimum absolute atomic E-state index is 0.216. The van der Waals surface area contributed by atoms with E-state index in [1.54, 1.807) is 0 Å². The monoisotopic (exact) mass is 309 g/mol. The summed E-state index contributed by atoms with van der Waals surface area (Å²) in [5, 5.41) is 10.3. The van der Waals surface area contributed by atoms with E-state index >= 15 is 0 Å². The molecule has 1 aromatic carbocycles. The molecule has 0 saturated heterocycles. The van der Waals surface area contributed by atoms with E-state index in [0.717, 1.165) is 12.1 Å². The van der Waals surface area contributed by atoms with E-state index in [0.29, 0.717) is 6.07 Å². The van der Waals surface area contributed by atoms with Crippen molar-refractivity contribution < 1.29 is 37.0 Å². The van der Waals surface area contributed by atoms with Crippen molar-refractivity contribution in [2.24, 2.45) is 0 Å². The zero-order valence-corrected chi connectivity index (χ0v) is 10.5. The van der Waals surface area contributed by atoms with Gasteiger partial charge in [-0.25, -0.2) is 9.18 Å². The first-order valence-electron chi connectivity index (χ1n) is 5.62. The number of halogens is 4. The molecule has 2 N–H and O–H groups in total. The maximum Gasteiger partial charge on any atom is 0.416 e. The molecular weight excluding hydrogens is 298 g/mol. The van der Waals surface area contributed by atoms with E-state index in [4.69, 9.17) is 9.84 Å². The van der Waals surface area contributed by atoms with E-state index in [-0.39, 0.29) is 5.75 Å². The Morgan fingerprint density at radius 2 is 2.00 bits per heavy atom. The summed E-state index contributed by atoms with van der Waals surface area (Å²) in [5.74, 6) is -2.74. The number of ether oxygens (including phenoxy) is 1. The first-order valence-corrected chi connectivity index (χ1v) is 5.62. The van der Waals surface area contributed by atoms with Crippen molar-refractivity contribution in [1.82, 2.24) is 5.32 Å². The van der Waals surface area contributed by atoms with Gasteiger partial charge in [0.2, 0.25) is 0 Å². The van der Waals surface area contributed by atoms with Gasteiger partial charge in [-0.15, -0.1) is 0 Å². The van der Waals surface area contributed by atoms with Crippen molar-refractivity contribution in [3.05, 3.63) is 29.8 Å². The van der Waals surface area contributed by atoms with Crippen LogP contribution < -0.4 is 10.1 Å². The quantitative estimate of drug-likeness (QED) is 0.783. The maximum absolute atomic E-state index is 12.4. The molecule has 1 amide bonds. The Balaban J connectivity index is 2.59. The average molecular weight is 309 g/mol. The Hall–Kier alpha value is -2.32. The lowest BCUT2D eigenvalue weighted by Crippen LogP contribution is -2.44. The molecular formula is C12H11F4NO4. The molecule has 0 saturated carbocycles. The zero-order chi connectivity index (χ0) is 16.0. The van der Waals surface area contributed by atoms with Gasteiger partial charge >= 0.3 is 12.1 Å². The molecule has 0 aliphatic carbocycles. The van der Waals surface area contributed by atoms with Crippen LogP contribution in [0.15, 0.2) is 24.3 Å². The normalized spacial score (nSPS) is 12.6.